The lowest BCUT2D eigenvalue weighted by Crippen LogP contribution is -2.25. The molecule has 0 bridgehead atoms. The number of carbonyl (C=O) groups excluding carboxylic acids is 1. The zero-order valence-electron chi connectivity index (χ0n) is 10.8. The summed E-state index contributed by atoms with van der Waals surface area (Å²) < 4.78 is 0. The van der Waals surface area contributed by atoms with Crippen LogP contribution in [0.1, 0.15) is 35.7 Å². The van der Waals surface area contributed by atoms with Crippen LogP contribution in [0, 0.1) is 12.8 Å². The summed E-state index contributed by atoms with van der Waals surface area (Å²) in [5.41, 5.74) is 1.61. The van der Waals surface area contributed by atoms with Gasteiger partial charge >= 0.3 is 5.97 Å². The number of rotatable bonds is 6. The molecule has 1 unspecified atom stereocenters. The molecule has 98 valence electrons. The van der Waals surface area contributed by atoms with E-state index in [0.29, 0.717) is 24.9 Å². The van der Waals surface area contributed by atoms with Crippen LogP contribution in [0.15, 0.2) is 24.3 Å². The average Bonchev–Trinajstić information content (AvgIpc) is 2.34. The Balaban J connectivity index is 2.34. The molecule has 0 aliphatic carbocycles. The summed E-state index contributed by atoms with van der Waals surface area (Å²) in [5, 5.41) is 11.5. The first-order valence-electron chi connectivity index (χ1n) is 6.09. The predicted octanol–water partition coefficient (Wildman–Crippen LogP) is 2.23. The van der Waals surface area contributed by atoms with E-state index in [-0.39, 0.29) is 11.8 Å². The first-order valence-corrected chi connectivity index (χ1v) is 6.09. The molecular weight excluding hydrogens is 230 g/mol. The normalized spacial score (nSPS) is 11.9. The van der Waals surface area contributed by atoms with Crippen molar-refractivity contribution in [1.29, 1.82) is 0 Å². The molecule has 0 saturated carbocycles. The van der Waals surface area contributed by atoms with Gasteiger partial charge in [-0.3, -0.25) is 9.59 Å². The van der Waals surface area contributed by atoms with Crippen molar-refractivity contribution in [3.8, 4) is 0 Å². The number of aliphatic carboxylic acids is 1. The third-order valence-electron chi connectivity index (χ3n) is 2.91. The third kappa shape index (κ3) is 4.20. The number of carbonyl (C=O) groups is 2. The van der Waals surface area contributed by atoms with Crippen molar-refractivity contribution in [3.63, 3.8) is 0 Å². The highest BCUT2D eigenvalue weighted by Crippen LogP contribution is 2.07. The third-order valence-corrected chi connectivity index (χ3v) is 2.91. The van der Waals surface area contributed by atoms with Crippen LogP contribution in [0.4, 0.5) is 0 Å². The van der Waals surface area contributed by atoms with Crippen LogP contribution < -0.4 is 5.32 Å². The molecule has 1 aromatic rings. The summed E-state index contributed by atoms with van der Waals surface area (Å²) >= 11 is 0. The summed E-state index contributed by atoms with van der Waals surface area (Å²) in [4.78, 5) is 22.4. The molecule has 0 saturated heterocycles. The van der Waals surface area contributed by atoms with Gasteiger partial charge in [0.1, 0.15) is 0 Å². The number of hydrogen-bond acceptors (Lipinski definition) is 2. The second kappa shape index (κ2) is 6.79. The van der Waals surface area contributed by atoms with Gasteiger partial charge in [-0.2, -0.15) is 0 Å². The Bertz CT molecular complexity index is 429. The zero-order chi connectivity index (χ0) is 13.5. The second-order valence-corrected chi connectivity index (χ2v) is 4.45. The quantitative estimate of drug-likeness (QED) is 0.760. The van der Waals surface area contributed by atoms with Gasteiger partial charge in [-0.05, 0) is 31.4 Å². The fourth-order valence-electron chi connectivity index (χ4n) is 1.66. The molecule has 2 N–H and O–H groups in total. The summed E-state index contributed by atoms with van der Waals surface area (Å²) in [6, 6.07) is 7.39. The molecule has 1 atom stereocenters. The van der Waals surface area contributed by atoms with Crippen LogP contribution in [-0.2, 0) is 4.79 Å². The van der Waals surface area contributed by atoms with E-state index in [2.05, 4.69) is 5.32 Å². The van der Waals surface area contributed by atoms with Gasteiger partial charge < -0.3 is 10.4 Å². The molecule has 18 heavy (non-hydrogen) atoms. The molecular formula is C14H19NO3. The molecule has 4 nitrogen and oxygen atoms in total. The maximum atomic E-state index is 11.8. The van der Waals surface area contributed by atoms with Crippen LogP contribution in [0.3, 0.4) is 0 Å². The molecule has 0 fully saturated rings. The van der Waals surface area contributed by atoms with Crippen LogP contribution in [0.2, 0.25) is 0 Å². The maximum Gasteiger partial charge on any atom is 0.306 e. The largest absolute Gasteiger partial charge is 0.481 e. The van der Waals surface area contributed by atoms with E-state index < -0.39 is 5.97 Å². The van der Waals surface area contributed by atoms with Crippen molar-refractivity contribution in [1.82, 2.24) is 5.32 Å². The van der Waals surface area contributed by atoms with Crippen molar-refractivity contribution >= 4 is 11.9 Å². The minimum atomic E-state index is -0.791. The van der Waals surface area contributed by atoms with Gasteiger partial charge in [-0.1, -0.05) is 25.1 Å². The highest BCUT2D eigenvalue weighted by molar-refractivity contribution is 5.95. The fraction of sp³-hybridized carbons (Fsp3) is 0.429. The van der Waals surface area contributed by atoms with Gasteiger partial charge in [0.15, 0.2) is 0 Å². The Morgan fingerprint density at radius 2 is 2.00 bits per heavy atom. The fourth-order valence-corrected chi connectivity index (χ4v) is 1.66. The molecule has 1 rings (SSSR count). The molecule has 0 heterocycles. The smallest absolute Gasteiger partial charge is 0.306 e. The standard InChI is InChI=1S/C14H19NO3/c1-10-6-3-4-8-12(10)13(16)15-9-5-7-11(2)14(17)18/h3-4,6,8,11H,5,7,9H2,1-2H3,(H,15,16)(H,17,18). The molecule has 0 spiro atoms. The van der Waals surface area contributed by atoms with Crippen molar-refractivity contribution in [2.75, 3.05) is 6.54 Å². The van der Waals surface area contributed by atoms with E-state index >= 15 is 0 Å². The monoisotopic (exact) mass is 249 g/mol. The molecule has 1 amide bonds. The Morgan fingerprint density at radius 3 is 2.61 bits per heavy atom. The number of benzene rings is 1. The lowest BCUT2D eigenvalue weighted by atomic mass is 10.1. The number of aryl methyl sites for hydroxylation is 1. The summed E-state index contributed by atoms with van der Waals surface area (Å²) in [6.45, 7) is 4.07. The van der Waals surface area contributed by atoms with Gasteiger partial charge in [0.2, 0.25) is 0 Å². The van der Waals surface area contributed by atoms with Crippen molar-refractivity contribution in [2.24, 2.45) is 5.92 Å². The van der Waals surface area contributed by atoms with Gasteiger partial charge in [0.25, 0.3) is 5.91 Å². The van der Waals surface area contributed by atoms with Crippen LogP contribution in [-0.4, -0.2) is 23.5 Å². The van der Waals surface area contributed by atoms with Gasteiger partial charge in [-0.25, -0.2) is 0 Å². The summed E-state index contributed by atoms with van der Waals surface area (Å²) in [7, 11) is 0. The number of carboxylic acids is 1. The molecule has 0 aromatic heterocycles. The first kappa shape index (κ1) is 14.2. The van der Waals surface area contributed by atoms with Crippen LogP contribution in [0.25, 0.3) is 0 Å². The molecule has 1 aromatic carbocycles. The van der Waals surface area contributed by atoms with E-state index in [4.69, 9.17) is 5.11 Å². The number of carboxylic acid groups (broad SMARTS) is 1. The topological polar surface area (TPSA) is 66.4 Å². The first-order chi connectivity index (χ1) is 8.52. The highest BCUT2D eigenvalue weighted by Gasteiger charge is 2.11. The summed E-state index contributed by atoms with van der Waals surface area (Å²) in [5.74, 6) is -1.25. The van der Waals surface area contributed by atoms with E-state index in [9.17, 15) is 9.59 Å². The van der Waals surface area contributed by atoms with Crippen LogP contribution >= 0.6 is 0 Å². The predicted molar refractivity (Wildman–Crippen MR) is 69.5 cm³/mol. The Kier molecular flexibility index (Phi) is 5.36. The van der Waals surface area contributed by atoms with E-state index in [1.807, 2.05) is 25.1 Å². The molecule has 0 aliphatic rings. The van der Waals surface area contributed by atoms with Crippen molar-refractivity contribution in [3.05, 3.63) is 35.4 Å². The minimum absolute atomic E-state index is 0.101. The van der Waals surface area contributed by atoms with E-state index in [0.717, 1.165) is 5.56 Å². The van der Waals surface area contributed by atoms with Crippen molar-refractivity contribution < 1.29 is 14.7 Å². The number of amides is 1. The molecule has 4 heteroatoms. The van der Waals surface area contributed by atoms with E-state index in [1.165, 1.54) is 0 Å². The van der Waals surface area contributed by atoms with Crippen LogP contribution in [0.5, 0.6) is 0 Å². The van der Waals surface area contributed by atoms with Gasteiger partial charge in [0.05, 0.1) is 5.92 Å². The SMILES string of the molecule is Cc1ccccc1C(=O)NCCCC(C)C(=O)O. The molecule has 0 aliphatic heterocycles. The van der Waals surface area contributed by atoms with Crippen molar-refractivity contribution in [2.45, 2.75) is 26.7 Å². The van der Waals surface area contributed by atoms with E-state index in [1.54, 1.807) is 13.0 Å². The zero-order valence-corrected chi connectivity index (χ0v) is 10.8. The lowest BCUT2D eigenvalue weighted by Gasteiger charge is -2.08. The lowest BCUT2D eigenvalue weighted by molar-refractivity contribution is -0.141. The maximum absolute atomic E-state index is 11.8. The summed E-state index contributed by atoms with van der Waals surface area (Å²) in [6.07, 6.45) is 1.24. The Hall–Kier alpha value is -1.84. The molecule has 0 radical (unpaired) electrons. The second-order valence-electron chi connectivity index (χ2n) is 4.45. The highest BCUT2D eigenvalue weighted by atomic mass is 16.4. The average molecular weight is 249 g/mol. The Morgan fingerprint density at radius 1 is 1.33 bits per heavy atom. The van der Waals surface area contributed by atoms with Gasteiger partial charge in [-0.15, -0.1) is 0 Å². The minimum Gasteiger partial charge on any atom is -0.481 e. The number of hydrogen-bond donors (Lipinski definition) is 2. The van der Waals surface area contributed by atoms with Gasteiger partial charge in [0, 0.05) is 12.1 Å². The number of nitrogens with one attached hydrogen (secondary N) is 1. The Labute approximate surface area is 107 Å².